The van der Waals surface area contributed by atoms with Crippen molar-refractivity contribution in [3.63, 3.8) is 0 Å². The van der Waals surface area contributed by atoms with Crippen molar-refractivity contribution in [3.8, 4) is 0 Å². The van der Waals surface area contributed by atoms with Gasteiger partial charge in [0.2, 0.25) is 5.89 Å². The summed E-state index contributed by atoms with van der Waals surface area (Å²) in [4.78, 5) is 24.1. The molecule has 0 bridgehead atoms. The molecule has 0 aromatic carbocycles. The van der Waals surface area contributed by atoms with Gasteiger partial charge in [-0.3, -0.25) is 9.36 Å². The molecule has 0 fully saturated rings. The molecule has 1 unspecified atom stereocenters. The Kier molecular flexibility index (Phi) is 5.29. The van der Waals surface area contributed by atoms with E-state index in [0.29, 0.717) is 18.3 Å². The van der Waals surface area contributed by atoms with Gasteiger partial charge in [0.15, 0.2) is 11.0 Å². The first-order valence-corrected chi connectivity index (χ1v) is 10.1. The summed E-state index contributed by atoms with van der Waals surface area (Å²) in [6.45, 7) is 10.6. The van der Waals surface area contributed by atoms with Crippen molar-refractivity contribution in [2.75, 3.05) is 0 Å². The second-order valence-electron chi connectivity index (χ2n) is 6.11. The molecular formula is C17H22N4O2S2. The second kappa shape index (κ2) is 7.29. The highest BCUT2D eigenvalue weighted by molar-refractivity contribution is 7.99. The molecule has 25 heavy (non-hydrogen) atoms. The summed E-state index contributed by atoms with van der Waals surface area (Å²) in [6.07, 6.45) is 1.96. The number of unbranched alkanes of at least 4 members (excludes halogenated alkanes) is 1. The molecule has 0 aliphatic heterocycles. The lowest BCUT2D eigenvalue weighted by atomic mass is 10.2. The number of thiophene rings is 1. The van der Waals surface area contributed by atoms with E-state index in [9.17, 15) is 4.79 Å². The van der Waals surface area contributed by atoms with Gasteiger partial charge in [-0.05, 0) is 39.7 Å². The van der Waals surface area contributed by atoms with Gasteiger partial charge < -0.3 is 4.52 Å². The monoisotopic (exact) mass is 378 g/mol. The van der Waals surface area contributed by atoms with Crippen LogP contribution in [0.2, 0.25) is 0 Å². The SMILES string of the molecule is CCCCn1c(SC(C)c2nc(C)no2)nc2sc(C)c(C)c2c1=O. The minimum absolute atomic E-state index is 0.0525. The van der Waals surface area contributed by atoms with Crippen LogP contribution in [-0.2, 0) is 6.54 Å². The fraction of sp³-hybridized carbons (Fsp3) is 0.529. The summed E-state index contributed by atoms with van der Waals surface area (Å²) in [5.41, 5.74) is 1.09. The summed E-state index contributed by atoms with van der Waals surface area (Å²) in [7, 11) is 0. The van der Waals surface area contributed by atoms with Gasteiger partial charge >= 0.3 is 0 Å². The van der Waals surface area contributed by atoms with E-state index >= 15 is 0 Å². The van der Waals surface area contributed by atoms with E-state index in [1.807, 2.05) is 20.8 Å². The number of aryl methyl sites for hydroxylation is 3. The fourth-order valence-corrected chi connectivity index (χ4v) is 4.63. The third-order valence-corrected chi connectivity index (χ3v) is 6.34. The minimum atomic E-state index is -0.0689. The highest BCUT2D eigenvalue weighted by Gasteiger charge is 2.21. The summed E-state index contributed by atoms with van der Waals surface area (Å²) >= 11 is 3.07. The normalized spacial score (nSPS) is 12.8. The van der Waals surface area contributed by atoms with Gasteiger partial charge in [0.05, 0.1) is 10.6 Å². The zero-order valence-corrected chi connectivity index (χ0v) is 16.8. The van der Waals surface area contributed by atoms with E-state index in [0.717, 1.165) is 38.7 Å². The molecule has 3 heterocycles. The molecule has 134 valence electrons. The van der Waals surface area contributed by atoms with E-state index in [2.05, 4.69) is 17.1 Å². The van der Waals surface area contributed by atoms with Gasteiger partial charge in [0, 0.05) is 11.4 Å². The minimum Gasteiger partial charge on any atom is -0.338 e. The van der Waals surface area contributed by atoms with Crippen LogP contribution >= 0.6 is 23.1 Å². The van der Waals surface area contributed by atoms with Gasteiger partial charge in [0.1, 0.15) is 4.83 Å². The molecule has 3 aromatic heterocycles. The smallest absolute Gasteiger partial charge is 0.263 e. The van der Waals surface area contributed by atoms with Crippen molar-refractivity contribution >= 4 is 33.3 Å². The lowest BCUT2D eigenvalue weighted by molar-refractivity contribution is 0.376. The van der Waals surface area contributed by atoms with Gasteiger partial charge in [-0.15, -0.1) is 11.3 Å². The van der Waals surface area contributed by atoms with Crippen molar-refractivity contribution in [2.24, 2.45) is 0 Å². The Balaban J connectivity index is 2.07. The molecule has 0 N–H and O–H groups in total. The molecule has 3 rings (SSSR count). The highest BCUT2D eigenvalue weighted by Crippen LogP contribution is 2.35. The van der Waals surface area contributed by atoms with E-state index in [4.69, 9.17) is 9.51 Å². The van der Waals surface area contributed by atoms with Crippen LogP contribution in [0.1, 0.15) is 54.1 Å². The maximum absolute atomic E-state index is 13.1. The van der Waals surface area contributed by atoms with Crippen molar-refractivity contribution in [1.82, 2.24) is 19.7 Å². The Morgan fingerprint density at radius 1 is 1.28 bits per heavy atom. The van der Waals surface area contributed by atoms with Crippen LogP contribution in [0.3, 0.4) is 0 Å². The molecule has 0 radical (unpaired) electrons. The average Bonchev–Trinajstić information content (AvgIpc) is 3.11. The predicted molar refractivity (Wildman–Crippen MR) is 102 cm³/mol. The molecule has 0 aliphatic carbocycles. The van der Waals surface area contributed by atoms with Crippen LogP contribution in [0.25, 0.3) is 10.2 Å². The standard InChI is InChI=1S/C17H22N4O2S2/c1-6-7-8-21-16(22)13-9(2)10(3)24-15(13)19-17(21)25-11(4)14-18-12(5)20-23-14/h11H,6-8H2,1-5H3. The Bertz CT molecular complexity index is 958. The molecule has 6 nitrogen and oxygen atoms in total. The third-order valence-electron chi connectivity index (χ3n) is 4.16. The van der Waals surface area contributed by atoms with E-state index in [1.165, 1.54) is 11.8 Å². The summed E-state index contributed by atoms with van der Waals surface area (Å²) < 4.78 is 7.07. The first-order valence-electron chi connectivity index (χ1n) is 8.39. The van der Waals surface area contributed by atoms with Gasteiger partial charge in [-0.25, -0.2) is 4.98 Å². The second-order valence-corrected chi connectivity index (χ2v) is 8.62. The summed E-state index contributed by atoms with van der Waals surface area (Å²) in [6, 6.07) is 0. The molecule has 0 saturated carbocycles. The Morgan fingerprint density at radius 2 is 2.04 bits per heavy atom. The molecule has 0 saturated heterocycles. The topological polar surface area (TPSA) is 73.8 Å². The highest BCUT2D eigenvalue weighted by atomic mass is 32.2. The van der Waals surface area contributed by atoms with Crippen LogP contribution in [0.5, 0.6) is 0 Å². The van der Waals surface area contributed by atoms with Crippen LogP contribution in [0, 0.1) is 20.8 Å². The third kappa shape index (κ3) is 3.50. The number of hydrogen-bond donors (Lipinski definition) is 0. The van der Waals surface area contributed by atoms with E-state index in [-0.39, 0.29) is 10.8 Å². The average molecular weight is 379 g/mol. The quantitative estimate of drug-likeness (QED) is 0.467. The Hall–Kier alpha value is -1.67. The number of hydrogen-bond acceptors (Lipinski definition) is 7. The summed E-state index contributed by atoms with van der Waals surface area (Å²) in [5.74, 6) is 1.16. The predicted octanol–water partition coefficient (Wildman–Crippen LogP) is 4.42. The summed E-state index contributed by atoms with van der Waals surface area (Å²) in [5, 5.41) is 5.25. The first-order chi connectivity index (χ1) is 11.9. The molecular weight excluding hydrogens is 356 g/mol. The molecule has 3 aromatic rings. The number of fused-ring (bicyclic) bond motifs is 1. The molecule has 0 aliphatic rings. The van der Waals surface area contributed by atoms with Gasteiger partial charge in [-0.1, -0.05) is 30.3 Å². The van der Waals surface area contributed by atoms with Gasteiger partial charge in [-0.2, -0.15) is 4.98 Å². The van der Waals surface area contributed by atoms with E-state index < -0.39 is 0 Å². The van der Waals surface area contributed by atoms with Crippen molar-refractivity contribution in [1.29, 1.82) is 0 Å². The molecule has 8 heteroatoms. The van der Waals surface area contributed by atoms with Gasteiger partial charge in [0.25, 0.3) is 5.56 Å². The lowest BCUT2D eigenvalue weighted by Crippen LogP contribution is -2.23. The maximum Gasteiger partial charge on any atom is 0.263 e. The van der Waals surface area contributed by atoms with Crippen LogP contribution in [-0.4, -0.2) is 19.7 Å². The number of aromatic nitrogens is 4. The van der Waals surface area contributed by atoms with Crippen LogP contribution in [0.15, 0.2) is 14.5 Å². The van der Waals surface area contributed by atoms with Crippen molar-refractivity contribution in [3.05, 3.63) is 32.5 Å². The molecule has 0 spiro atoms. The zero-order chi connectivity index (χ0) is 18.1. The maximum atomic E-state index is 13.1. The Morgan fingerprint density at radius 3 is 2.68 bits per heavy atom. The fourth-order valence-electron chi connectivity index (χ4n) is 2.60. The largest absolute Gasteiger partial charge is 0.338 e. The Labute approximate surface area is 154 Å². The van der Waals surface area contributed by atoms with E-state index in [1.54, 1.807) is 22.8 Å². The molecule has 0 amide bonds. The van der Waals surface area contributed by atoms with Crippen molar-refractivity contribution < 1.29 is 4.52 Å². The number of thioether (sulfide) groups is 1. The number of rotatable bonds is 6. The number of nitrogens with zero attached hydrogens (tertiary/aromatic N) is 4. The van der Waals surface area contributed by atoms with Crippen LogP contribution in [0.4, 0.5) is 0 Å². The zero-order valence-electron chi connectivity index (χ0n) is 15.1. The first kappa shape index (κ1) is 18.1. The van der Waals surface area contributed by atoms with Crippen LogP contribution < -0.4 is 5.56 Å². The van der Waals surface area contributed by atoms with Crippen molar-refractivity contribution in [2.45, 2.75) is 64.4 Å². The molecule has 1 atom stereocenters. The lowest BCUT2D eigenvalue weighted by Gasteiger charge is -2.13.